The quantitative estimate of drug-likeness (QED) is 0.133. The lowest BCUT2D eigenvalue weighted by Crippen LogP contribution is -2.12. The first-order valence-electron chi connectivity index (χ1n) is 49.0. The smallest absolute Gasteiger partial charge is 0.000139 e. The average Bonchev–Trinajstić information content (AvgIpc) is 0.695. The molecule has 0 amide bonds. The van der Waals surface area contributed by atoms with E-state index in [1.807, 2.05) is 0 Å². The zero-order valence-corrected chi connectivity index (χ0v) is 87.4. The average molecular weight is 1740 g/mol. The second-order valence-corrected chi connectivity index (χ2v) is 51.2. The number of hydrogen-bond acceptors (Lipinski definition) is 0. The van der Waals surface area contributed by atoms with Crippen LogP contribution in [0, 0.1) is 0 Å². The van der Waals surface area contributed by atoms with Crippen LogP contribution in [0.25, 0.3) is 154 Å². The Balaban J connectivity index is 0.000000202. The fourth-order valence-electron chi connectivity index (χ4n) is 19.8. The summed E-state index contributed by atoms with van der Waals surface area (Å²) in [4.78, 5) is 0. The van der Waals surface area contributed by atoms with Gasteiger partial charge in [0.05, 0.1) is 0 Å². The van der Waals surface area contributed by atoms with Gasteiger partial charge in [-0.05, 0) is 310 Å². The van der Waals surface area contributed by atoms with E-state index < -0.39 is 0 Å². The molecule has 0 aliphatic carbocycles. The molecule has 0 fully saturated rings. The minimum Gasteiger partial charge on any atom is -0.0579 e. The molecule has 0 saturated heterocycles. The van der Waals surface area contributed by atoms with E-state index in [1.54, 1.807) is 0 Å². The van der Waals surface area contributed by atoms with Crippen molar-refractivity contribution in [3.05, 3.63) is 334 Å². The molecule has 0 spiro atoms. The molecule has 0 N–H and O–H groups in total. The Morgan fingerprint density at radius 2 is 0.189 bits per heavy atom. The van der Waals surface area contributed by atoms with E-state index in [1.165, 1.54) is 220 Å². The Morgan fingerprint density at radius 1 is 0.0985 bits per heavy atom. The lowest BCUT2D eigenvalue weighted by atomic mass is 9.74. The maximum absolute atomic E-state index is 2.53. The van der Waals surface area contributed by atoms with E-state index in [4.69, 9.17) is 0 Å². The van der Waals surface area contributed by atoms with Gasteiger partial charge in [-0.25, -0.2) is 0 Å². The summed E-state index contributed by atoms with van der Waals surface area (Å²) >= 11 is 0. The van der Waals surface area contributed by atoms with Gasteiger partial charge in [-0.3, -0.25) is 0 Å². The molecule has 0 saturated carbocycles. The van der Waals surface area contributed by atoms with Crippen molar-refractivity contribution in [2.75, 3.05) is 0 Å². The Bertz CT molecular complexity index is 6180. The highest BCUT2D eigenvalue weighted by Crippen LogP contribution is 2.59. The van der Waals surface area contributed by atoms with Crippen LogP contribution in [0.3, 0.4) is 0 Å². The van der Waals surface area contributed by atoms with Crippen LogP contribution >= 0.6 is 0 Å². The van der Waals surface area contributed by atoms with Crippen molar-refractivity contribution in [3.63, 3.8) is 0 Å². The Hall–Kier alpha value is -10.9. The summed E-state index contributed by atoms with van der Waals surface area (Å²) in [5.74, 6) is 0. The third kappa shape index (κ3) is 18.8. The second kappa shape index (κ2) is 33.6. The van der Waals surface area contributed by atoms with Gasteiger partial charge in [-0.2, -0.15) is 0 Å². The number of benzene rings is 16. The molecule has 16 aromatic carbocycles. The van der Waals surface area contributed by atoms with Gasteiger partial charge >= 0.3 is 0 Å². The van der Waals surface area contributed by atoms with Gasteiger partial charge in [-0.1, -0.05) is 492 Å². The highest BCUT2D eigenvalue weighted by molar-refractivity contribution is 6.36. The van der Waals surface area contributed by atoms with Crippen molar-refractivity contribution in [1.29, 1.82) is 0 Å². The molecule has 0 radical (unpaired) electrons. The minimum absolute atomic E-state index is 0.0262. The van der Waals surface area contributed by atoms with Gasteiger partial charge in [0.1, 0.15) is 0 Å². The van der Waals surface area contributed by atoms with Gasteiger partial charge in [0.2, 0.25) is 0 Å². The normalized spacial score (nSPS) is 13.3. The van der Waals surface area contributed by atoms with Crippen molar-refractivity contribution in [3.8, 4) is 89.0 Å². The third-order valence-electron chi connectivity index (χ3n) is 28.5. The molecule has 0 nitrogen and oxygen atoms in total. The summed E-state index contributed by atoms with van der Waals surface area (Å²) in [6, 6.07) is 106. The first kappa shape index (κ1) is 95.7. The summed E-state index contributed by atoms with van der Waals surface area (Å²) < 4.78 is 0. The zero-order valence-electron chi connectivity index (χ0n) is 87.4. The number of fused-ring (bicyclic) bond motifs is 6. The third-order valence-corrected chi connectivity index (χ3v) is 28.5. The van der Waals surface area contributed by atoms with Crippen LogP contribution in [0.1, 0.15) is 316 Å². The molecule has 132 heavy (non-hydrogen) atoms. The van der Waals surface area contributed by atoms with Gasteiger partial charge < -0.3 is 0 Å². The molecular formula is C132H152. The summed E-state index contributed by atoms with van der Waals surface area (Å²) in [6.45, 7) is 83.8. The first-order valence-corrected chi connectivity index (χ1v) is 49.0. The Labute approximate surface area is 796 Å². The van der Waals surface area contributed by atoms with E-state index in [2.05, 4.69) is 516 Å². The van der Waals surface area contributed by atoms with E-state index in [9.17, 15) is 0 Å². The van der Waals surface area contributed by atoms with Crippen LogP contribution in [-0.4, -0.2) is 0 Å². The summed E-state index contributed by atoms with van der Waals surface area (Å²) in [7, 11) is 0. The molecule has 0 aliphatic rings. The standard InChI is InChI=1S/2C66H76/c2*1-61(2,3)45-27-19-41(20-28-45)55-51-37-35-49(65(13,14)15)39-53(51)58(44-25-33-48(34-26-44)64(10,11)12)60-56(42-21-29-46(30-22-42)62(4,5)6)52-38-36-50(66(16,17)18)40-54(52)57(59(55)60)43-23-31-47(32-24-43)63(7,8)9/h2*19-40H,1-18H3. The largest absolute Gasteiger partial charge is 0.0579 e. The lowest BCUT2D eigenvalue weighted by Gasteiger charge is -2.29. The minimum atomic E-state index is -0.0522. The topological polar surface area (TPSA) is 0 Å². The van der Waals surface area contributed by atoms with Crippen LogP contribution in [0.5, 0.6) is 0 Å². The van der Waals surface area contributed by atoms with E-state index in [0.29, 0.717) is 0 Å². The van der Waals surface area contributed by atoms with Crippen molar-refractivity contribution in [2.24, 2.45) is 0 Å². The van der Waals surface area contributed by atoms with Gasteiger partial charge in [0.25, 0.3) is 0 Å². The summed E-state index contributed by atoms with van der Waals surface area (Å²) in [5, 5.41) is 15.5. The summed E-state index contributed by atoms with van der Waals surface area (Å²) in [5.41, 5.74) is 36.3. The van der Waals surface area contributed by atoms with Crippen LogP contribution in [0.4, 0.5) is 0 Å². The van der Waals surface area contributed by atoms with Crippen LogP contribution < -0.4 is 0 Å². The van der Waals surface area contributed by atoms with E-state index in [0.717, 1.165) is 0 Å². The van der Waals surface area contributed by atoms with Crippen molar-refractivity contribution < 1.29 is 0 Å². The monoisotopic (exact) mass is 1740 g/mol. The second-order valence-electron chi connectivity index (χ2n) is 51.2. The Morgan fingerprint density at radius 3 is 0.288 bits per heavy atom. The molecule has 16 rings (SSSR count). The predicted molar refractivity (Wildman–Crippen MR) is 586 cm³/mol. The molecule has 0 atom stereocenters. The fraction of sp³-hybridized carbons (Fsp3) is 0.364. The number of hydrogen-bond donors (Lipinski definition) is 0. The zero-order chi connectivity index (χ0) is 96.2. The maximum Gasteiger partial charge on any atom is -0.000139 e. The molecule has 0 unspecified atom stereocenters. The first-order chi connectivity index (χ1) is 61.1. The van der Waals surface area contributed by atoms with Crippen LogP contribution in [0.2, 0.25) is 0 Å². The van der Waals surface area contributed by atoms with Crippen molar-refractivity contribution in [2.45, 2.75) is 314 Å². The van der Waals surface area contributed by atoms with Crippen LogP contribution in [0.15, 0.2) is 267 Å². The summed E-state index contributed by atoms with van der Waals surface area (Å²) in [6.07, 6.45) is 0. The van der Waals surface area contributed by atoms with Gasteiger partial charge in [0.15, 0.2) is 0 Å². The lowest BCUT2D eigenvalue weighted by molar-refractivity contribution is 0.590. The van der Waals surface area contributed by atoms with Crippen molar-refractivity contribution >= 4 is 64.6 Å². The van der Waals surface area contributed by atoms with Crippen molar-refractivity contribution in [1.82, 2.24) is 0 Å². The molecule has 16 aromatic rings. The molecule has 0 aromatic heterocycles. The molecule has 0 heteroatoms. The predicted octanol–water partition coefficient (Wildman–Crippen LogP) is 39.2. The highest BCUT2D eigenvalue weighted by atomic mass is 14.4. The molecular weight excluding hydrogens is 1590 g/mol. The van der Waals surface area contributed by atoms with Gasteiger partial charge in [-0.15, -0.1) is 0 Å². The highest BCUT2D eigenvalue weighted by Gasteiger charge is 2.35. The van der Waals surface area contributed by atoms with E-state index in [-0.39, 0.29) is 65.0 Å². The molecule has 0 heterocycles. The fourth-order valence-corrected chi connectivity index (χ4v) is 19.8. The molecule has 680 valence electrons. The molecule has 0 bridgehead atoms. The Kier molecular flexibility index (Phi) is 24.4. The maximum atomic E-state index is 2.53. The van der Waals surface area contributed by atoms with E-state index >= 15 is 0 Å². The van der Waals surface area contributed by atoms with Crippen LogP contribution in [-0.2, 0) is 65.0 Å². The number of rotatable bonds is 8. The molecule has 0 aliphatic heterocycles. The van der Waals surface area contributed by atoms with Gasteiger partial charge in [0, 0.05) is 0 Å². The SMILES string of the molecule is CC(C)(C)c1ccc(-c2c3ccc(C(C)(C)C)cc3c(-c3ccc(C(C)(C)C)cc3)c3c(-c4ccc(C(C)(C)C)cc4)c4ccc(C(C)(C)C)cc4c(-c4ccc(C(C)(C)C)cc4)c23)cc1.CC(C)(C)c1ccc(-c2c3ccc(C(C)(C)C)cc3c(-c3ccc(C(C)(C)C)cc3)c3c(-c4ccc(C(C)(C)C)cc4)c4ccc(C(C)(C)C)cc4c(-c4ccc(C(C)(C)C)cc4)c23)cc1.